The van der Waals surface area contributed by atoms with E-state index in [1.807, 2.05) is 0 Å². The zero-order valence-corrected chi connectivity index (χ0v) is 42.5. The highest BCUT2D eigenvalue weighted by atomic mass is 16.6. The normalized spacial score (nSPS) is 12.5. The van der Waals surface area contributed by atoms with Crippen LogP contribution in [-0.2, 0) is 28.6 Å². The molecule has 0 saturated carbocycles. The number of carbonyl (C=O) groups is 3. The molecule has 0 rings (SSSR count). The van der Waals surface area contributed by atoms with Crippen molar-refractivity contribution in [2.24, 2.45) is 11.8 Å². The van der Waals surface area contributed by atoms with E-state index >= 15 is 0 Å². The maximum absolute atomic E-state index is 12.8. The van der Waals surface area contributed by atoms with Crippen LogP contribution >= 0.6 is 0 Å². The van der Waals surface area contributed by atoms with E-state index in [4.69, 9.17) is 14.2 Å². The largest absolute Gasteiger partial charge is 0.462 e. The van der Waals surface area contributed by atoms with E-state index in [1.165, 1.54) is 199 Å². The van der Waals surface area contributed by atoms with Crippen molar-refractivity contribution in [3.8, 4) is 0 Å². The molecule has 1 unspecified atom stereocenters. The second-order valence-corrected chi connectivity index (χ2v) is 19.9. The first kappa shape index (κ1) is 60.4. The Kier molecular flexibility index (Phi) is 47.6. The lowest BCUT2D eigenvalue weighted by molar-refractivity contribution is -0.167. The average Bonchev–Trinajstić information content (AvgIpc) is 3.26. The van der Waals surface area contributed by atoms with E-state index in [9.17, 15) is 14.4 Å². The Hall–Kier alpha value is -1.59. The zero-order chi connectivity index (χ0) is 45.4. The molecule has 0 aliphatic rings. The van der Waals surface area contributed by atoms with Crippen LogP contribution in [0.1, 0.15) is 311 Å². The van der Waals surface area contributed by atoms with E-state index in [0.29, 0.717) is 19.3 Å². The monoisotopic (exact) mass is 877 g/mol. The van der Waals surface area contributed by atoms with Gasteiger partial charge in [0.1, 0.15) is 13.2 Å². The number of ether oxygens (including phenoxy) is 3. The molecule has 368 valence electrons. The molecule has 6 heteroatoms. The minimum atomic E-state index is -0.762. The van der Waals surface area contributed by atoms with Gasteiger partial charge in [0.25, 0.3) is 0 Å². The van der Waals surface area contributed by atoms with Crippen LogP contribution in [0.15, 0.2) is 0 Å². The van der Waals surface area contributed by atoms with E-state index in [-0.39, 0.29) is 31.1 Å². The van der Waals surface area contributed by atoms with Crippen molar-refractivity contribution in [2.45, 2.75) is 317 Å². The van der Waals surface area contributed by atoms with E-state index in [2.05, 4.69) is 34.6 Å². The Labute approximate surface area is 387 Å². The van der Waals surface area contributed by atoms with Crippen LogP contribution in [0.2, 0.25) is 0 Å². The SMILES string of the molecule is CCCCCCCCCCCCCCCC(=O)OC[C@H](COC(=O)CCCCCCCCCCCCC(C)C)OC(=O)CCCCCCCCCCCCCCCCC(C)CC. The summed E-state index contributed by atoms with van der Waals surface area (Å²) in [5.74, 6) is 0.870. The molecule has 0 aromatic carbocycles. The minimum absolute atomic E-state index is 0.0631. The number of esters is 3. The molecule has 0 aliphatic heterocycles. The standard InChI is InChI=1S/C56H108O6/c1-6-8-9-10-11-12-13-16-20-26-31-36-41-46-54(57)60-49-53(50-61-55(58)47-42-37-32-27-23-22-24-29-34-39-44-51(3)4)62-56(59)48-43-38-33-28-21-18-15-14-17-19-25-30-35-40-45-52(5)7-2/h51-53H,6-50H2,1-5H3/t52?,53-/m1/s1. The average molecular weight is 877 g/mol. The van der Waals surface area contributed by atoms with Crippen molar-refractivity contribution in [3.05, 3.63) is 0 Å². The molecule has 6 nitrogen and oxygen atoms in total. The maximum Gasteiger partial charge on any atom is 0.306 e. The second kappa shape index (κ2) is 48.9. The van der Waals surface area contributed by atoms with Crippen molar-refractivity contribution in [2.75, 3.05) is 13.2 Å². The van der Waals surface area contributed by atoms with Gasteiger partial charge in [-0.15, -0.1) is 0 Å². The Morgan fingerprint density at radius 1 is 0.339 bits per heavy atom. The third kappa shape index (κ3) is 47.9. The Morgan fingerprint density at radius 3 is 0.919 bits per heavy atom. The first-order valence-electron chi connectivity index (χ1n) is 27.8. The van der Waals surface area contributed by atoms with Gasteiger partial charge in [-0.3, -0.25) is 14.4 Å². The third-order valence-corrected chi connectivity index (χ3v) is 13.1. The lowest BCUT2D eigenvalue weighted by Crippen LogP contribution is -2.30. The van der Waals surface area contributed by atoms with Crippen LogP contribution in [0.25, 0.3) is 0 Å². The molecule has 0 N–H and O–H groups in total. The van der Waals surface area contributed by atoms with Gasteiger partial charge in [0, 0.05) is 19.3 Å². The maximum atomic E-state index is 12.8. The molecular weight excluding hydrogens is 769 g/mol. The molecule has 0 aromatic heterocycles. The molecule has 62 heavy (non-hydrogen) atoms. The van der Waals surface area contributed by atoms with E-state index < -0.39 is 6.10 Å². The summed E-state index contributed by atoms with van der Waals surface area (Å²) < 4.78 is 16.9. The molecule has 0 aromatic rings. The van der Waals surface area contributed by atoms with Gasteiger partial charge in [-0.05, 0) is 31.1 Å². The summed E-state index contributed by atoms with van der Waals surface area (Å²) in [7, 11) is 0. The third-order valence-electron chi connectivity index (χ3n) is 13.1. The van der Waals surface area contributed by atoms with Crippen molar-refractivity contribution in [1.82, 2.24) is 0 Å². The summed E-state index contributed by atoms with van der Waals surface area (Å²) in [6.45, 7) is 11.4. The van der Waals surface area contributed by atoms with Crippen LogP contribution < -0.4 is 0 Å². The minimum Gasteiger partial charge on any atom is -0.462 e. The predicted molar refractivity (Wildman–Crippen MR) is 266 cm³/mol. The number of carbonyl (C=O) groups excluding carboxylic acids is 3. The highest BCUT2D eigenvalue weighted by molar-refractivity contribution is 5.71. The summed E-state index contributed by atoms with van der Waals surface area (Å²) >= 11 is 0. The molecule has 0 spiro atoms. The van der Waals surface area contributed by atoms with Crippen molar-refractivity contribution in [1.29, 1.82) is 0 Å². The number of rotatable bonds is 50. The van der Waals surface area contributed by atoms with Gasteiger partial charge in [0.2, 0.25) is 0 Å². The van der Waals surface area contributed by atoms with Gasteiger partial charge < -0.3 is 14.2 Å². The topological polar surface area (TPSA) is 78.9 Å². The molecular formula is C56H108O6. The summed E-state index contributed by atoms with van der Waals surface area (Å²) in [6, 6.07) is 0. The second-order valence-electron chi connectivity index (χ2n) is 19.9. The summed E-state index contributed by atoms with van der Waals surface area (Å²) in [4.78, 5) is 38.0. The number of unbranched alkanes of at least 4 members (excludes halogenated alkanes) is 34. The van der Waals surface area contributed by atoms with Gasteiger partial charge >= 0.3 is 17.9 Å². The number of hydrogen-bond donors (Lipinski definition) is 0. The molecule has 2 atom stereocenters. The number of hydrogen-bond acceptors (Lipinski definition) is 6. The highest BCUT2D eigenvalue weighted by Gasteiger charge is 2.19. The smallest absolute Gasteiger partial charge is 0.306 e. The van der Waals surface area contributed by atoms with Crippen molar-refractivity contribution >= 4 is 17.9 Å². The molecule has 0 aliphatic carbocycles. The predicted octanol–water partition coefficient (Wildman–Crippen LogP) is 18.1. The highest BCUT2D eigenvalue weighted by Crippen LogP contribution is 2.18. The van der Waals surface area contributed by atoms with Crippen LogP contribution in [0.4, 0.5) is 0 Å². The molecule has 0 bridgehead atoms. The van der Waals surface area contributed by atoms with Crippen LogP contribution in [-0.4, -0.2) is 37.2 Å². The molecule has 0 amide bonds. The Morgan fingerprint density at radius 2 is 0.613 bits per heavy atom. The fourth-order valence-corrected chi connectivity index (χ4v) is 8.49. The molecule has 0 radical (unpaired) electrons. The fourth-order valence-electron chi connectivity index (χ4n) is 8.49. The summed E-state index contributed by atoms with van der Waals surface area (Å²) in [5, 5.41) is 0. The summed E-state index contributed by atoms with van der Waals surface area (Å²) in [5.41, 5.74) is 0. The molecule has 0 heterocycles. The molecule has 0 saturated heterocycles. The molecule has 0 fully saturated rings. The lowest BCUT2D eigenvalue weighted by Gasteiger charge is -2.18. The van der Waals surface area contributed by atoms with Crippen molar-refractivity contribution < 1.29 is 28.6 Å². The lowest BCUT2D eigenvalue weighted by atomic mass is 9.99. The van der Waals surface area contributed by atoms with Crippen LogP contribution in [0, 0.1) is 11.8 Å². The van der Waals surface area contributed by atoms with Gasteiger partial charge in [0.05, 0.1) is 0 Å². The van der Waals surface area contributed by atoms with Gasteiger partial charge in [-0.2, -0.15) is 0 Å². The van der Waals surface area contributed by atoms with E-state index in [0.717, 1.165) is 69.6 Å². The van der Waals surface area contributed by atoms with Crippen LogP contribution in [0.5, 0.6) is 0 Å². The first-order chi connectivity index (χ1) is 30.3. The fraction of sp³-hybridized carbons (Fsp3) is 0.946. The Bertz CT molecular complexity index is 949. The Balaban J connectivity index is 4.30. The van der Waals surface area contributed by atoms with Crippen molar-refractivity contribution in [3.63, 3.8) is 0 Å². The van der Waals surface area contributed by atoms with Crippen LogP contribution in [0.3, 0.4) is 0 Å². The van der Waals surface area contributed by atoms with Gasteiger partial charge in [-0.25, -0.2) is 0 Å². The van der Waals surface area contributed by atoms with E-state index in [1.54, 1.807) is 0 Å². The first-order valence-corrected chi connectivity index (χ1v) is 27.8. The zero-order valence-electron chi connectivity index (χ0n) is 42.5. The quantitative estimate of drug-likeness (QED) is 0.0344. The summed E-state index contributed by atoms with van der Waals surface area (Å²) in [6.07, 6.45) is 50.8. The van der Waals surface area contributed by atoms with Gasteiger partial charge in [0.15, 0.2) is 6.10 Å². The van der Waals surface area contributed by atoms with Gasteiger partial charge in [-0.1, -0.05) is 272 Å².